The molecule has 0 radical (unpaired) electrons. The van der Waals surface area contributed by atoms with Crippen LogP contribution in [0.2, 0.25) is 0 Å². The summed E-state index contributed by atoms with van der Waals surface area (Å²) < 4.78 is 11.4. The van der Waals surface area contributed by atoms with Crippen molar-refractivity contribution in [1.82, 2.24) is 5.32 Å². The second kappa shape index (κ2) is 4.81. The van der Waals surface area contributed by atoms with E-state index in [1.807, 2.05) is 7.05 Å². The summed E-state index contributed by atoms with van der Waals surface area (Å²) in [5.74, 6) is 2.59. The van der Waals surface area contributed by atoms with Gasteiger partial charge in [-0.05, 0) is 55.5 Å². The molecule has 98 valence electrons. The van der Waals surface area contributed by atoms with Gasteiger partial charge in [-0.25, -0.2) is 0 Å². The molecule has 0 bridgehead atoms. The summed E-state index contributed by atoms with van der Waals surface area (Å²) in [7, 11) is 2.04. The van der Waals surface area contributed by atoms with Crippen LogP contribution in [-0.2, 0) is 6.42 Å². The summed E-state index contributed by atoms with van der Waals surface area (Å²) in [4.78, 5) is 0. The molecule has 0 amide bonds. The van der Waals surface area contributed by atoms with Crippen molar-refractivity contribution in [3.63, 3.8) is 0 Å². The van der Waals surface area contributed by atoms with Gasteiger partial charge in [-0.1, -0.05) is 6.92 Å². The van der Waals surface area contributed by atoms with Crippen LogP contribution in [0.1, 0.15) is 36.9 Å². The van der Waals surface area contributed by atoms with E-state index < -0.39 is 0 Å². The van der Waals surface area contributed by atoms with Crippen LogP contribution in [-0.4, -0.2) is 20.3 Å². The zero-order chi connectivity index (χ0) is 12.5. The fourth-order valence-electron chi connectivity index (χ4n) is 3.01. The van der Waals surface area contributed by atoms with Gasteiger partial charge in [0, 0.05) is 6.04 Å². The van der Waals surface area contributed by atoms with Crippen molar-refractivity contribution >= 4 is 0 Å². The molecule has 0 fully saturated rings. The first-order valence-corrected chi connectivity index (χ1v) is 6.87. The first-order chi connectivity index (χ1) is 8.78. The number of rotatable bonds is 1. The van der Waals surface area contributed by atoms with Gasteiger partial charge in [-0.3, -0.25) is 0 Å². The summed E-state index contributed by atoms with van der Waals surface area (Å²) in [6.07, 6.45) is 3.60. The van der Waals surface area contributed by atoms with E-state index in [1.54, 1.807) is 0 Å². The van der Waals surface area contributed by atoms with Crippen LogP contribution < -0.4 is 14.8 Å². The normalized spacial score (nSPS) is 26.3. The third kappa shape index (κ3) is 2.07. The maximum absolute atomic E-state index is 5.70. The van der Waals surface area contributed by atoms with Crippen LogP contribution in [0.25, 0.3) is 0 Å². The topological polar surface area (TPSA) is 30.5 Å². The van der Waals surface area contributed by atoms with Gasteiger partial charge >= 0.3 is 0 Å². The molecule has 1 aromatic rings. The van der Waals surface area contributed by atoms with E-state index in [4.69, 9.17) is 9.47 Å². The van der Waals surface area contributed by atoms with E-state index in [9.17, 15) is 0 Å². The minimum atomic E-state index is 0.438. The summed E-state index contributed by atoms with van der Waals surface area (Å²) in [6, 6.07) is 4.81. The molecule has 0 aromatic heterocycles. The molecule has 1 aliphatic heterocycles. The highest BCUT2D eigenvalue weighted by atomic mass is 16.6. The molecule has 1 heterocycles. The molecule has 18 heavy (non-hydrogen) atoms. The molecule has 1 aliphatic carbocycles. The van der Waals surface area contributed by atoms with Crippen LogP contribution in [0.3, 0.4) is 0 Å². The van der Waals surface area contributed by atoms with E-state index in [0.717, 1.165) is 23.8 Å². The Morgan fingerprint density at radius 3 is 2.61 bits per heavy atom. The number of hydrogen-bond donors (Lipinski definition) is 1. The van der Waals surface area contributed by atoms with Gasteiger partial charge in [-0.15, -0.1) is 0 Å². The van der Waals surface area contributed by atoms with Crippen molar-refractivity contribution in [2.45, 2.75) is 32.2 Å². The Kier molecular flexibility index (Phi) is 3.16. The molecule has 0 saturated heterocycles. The van der Waals surface area contributed by atoms with Gasteiger partial charge < -0.3 is 14.8 Å². The van der Waals surface area contributed by atoms with Crippen molar-refractivity contribution in [2.24, 2.45) is 5.92 Å². The highest BCUT2D eigenvalue weighted by molar-refractivity contribution is 5.49. The van der Waals surface area contributed by atoms with Crippen LogP contribution in [0, 0.1) is 5.92 Å². The predicted molar refractivity (Wildman–Crippen MR) is 71.3 cm³/mol. The van der Waals surface area contributed by atoms with E-state index in [2.05, 4.69) is 24.4 Å². The number of fused-ring (bicyclic) bond motifs is 2. The third-order valence-electron chi connectivity index (χ3n) is 4.07. The lowest BCUT2D eigenvalue weighted by atomic mass is 9.96. The second-order valence-corrected chi connectivity index (χ2v) is 5.42. The number of nitrogens with one attached hydrogen (secondary N) is 1. The zero-order valence-corrected chi connectivity index (χ0v) is 11.2. The first kappa shape index (κ1) is 11.8. The molecule has 2 unspecified atom stereocenters. The van der Waals surface area contributed by atoms with Gasteiger partial charge in [0.05, 0.1) is 0 Å². The first-order valence-electron chi connectivity index (χ1n) is 6.87. The molecule has 3 nitrogen and oxygen atoms in total. The predicted octanol–water partition coefficient (Wildman–Crippen LogP) is 2.69. The van der Waals surface area contributed by atoms with Gasteiger partial charge in [0.2, 0.25) is 0 Å². The van der Waals surface area contributed by atoms with Crippen molar-refractivity contribution < 1.29 is 9.47 Å². The maximum atomic E-state index is 5.70. The molecule has 0 spiro atoms. The molecule has 2 aliphatic rings. The number of ether oxygens (including phenoxy) is 2. The minimum Gasteiger partial charge on any atom is -0.486 e. The quantitative estimate of drug-likeness (QED) is 0.774. The molecule has 1 aromatic carbocycles. The summed E-state index contributed by atoms with van der Waals surface area (Å²) in [6.45, 7) is 3.66. The van der Waals surface area contributed by atoms with Crippen molar-refractivity contribution in [1.29, 1.82) is 0 Å². The van der Waals surface area contributed by atoms with Crippen LogP contribution in [0.15, 0.2) is 12.1 Å². The average Bonchev–Trinajstić information content (AvgIpc) is 2.56. The Labute approximate surface area is 108 Å². The van der Waals surface area contributed by atoms with E-state index in [0.29, 0.717) is 19.3 Å². The standard InChI is InChI=1S/C15H21NO2/c1-10-3-4-11-8-14-15(18-6-5-17-14)9-12(11)13(7-10)16-2/h8-10,13,16H,3-7H2,1-2H3. The number of hydrogen-bond acceptors (Lipinski definition) is 3. The molecular formula is C15H21NO2. The summed E-state index contributed by atoms with van der Waals surface area (Å²) in [5, 5.41) is 3.44. The second-order valence-electron chi connectivity index (χ2n) is 5.42. The molecule has 1 N–H and O–H groups in total. The lowest BCUT2D eigenvalue weighted by Gasteiger charge is -2.23. The van der Waals surface area contributed by atoms with Gasteiger partial charge in [0.15, 0.2) is 11.5 Å². The highest BCUT2D eigenvalue weighted by Crippen LogP contribution is 2.39. The Morgan fingerprint density at radius 1 is 1.17 bits per heavy atom. The van der Waals surface area contributed by atoms with Crippen LogP contribution in [0.4, 0.5) is 0 Å². The van der Waals surface area contributed by atoms with Crippen molar-refractivity contribution in [3.8, 4) is 11.5 Å². The summed E-state index contributed by atoms with van der Waals surface area (Å²) >= 11 is 0. The van der Waals surface area contributed by atoms with Crippen molar-refractivity contribution in [3.05, 3.63) is 23.3 Å². The Morgan fingerprint density at radius 2 is 1.89 bits per heavy atom. The molecule has 2 atom stereocenters. The van der Waals surface area contributed by atoms with E-state index in [1.165, 1.54) is 24.0 Å². The Bertz CT molecular complexity index is 444. The zero-order valence-electron chi connectivity index (χ0n) is 11.2. The highest BCUT2D eigenvalue weighted by Gasteiger charge is 2.24. The Balaban J connectivity index is 2.03. The maximum Gasteiger partial charge on any atom is 0.161 e. The monoisotopic (exact) mass is 247 g/mol. The van der Waals surface area contributed by atoms with Crippen molar-refractivity contribution in [2.75, 3.05) is 20.3 Å². The smallest absolute Gasteiger partial charge is 0.161 e. The van der Waals surface area contributed by atoms with Gasteiger partial charge in [0.25, 0.3) is 0 Å². The third-order valence-corrected chi connectivity index (χ3v) is 4.07. The van der Waals surface area contributed by atoms with Gasteiger partial charge in [0.1, 0.15) is 13.2 Å². The Hall–Kier alpha value is -1.22. The average molecular weight is 247 g/mol. The molecule has 3 heteroatoms. The largest absolute Gasteiger partial charge is 0.486 e. The fourth-order valence-corrected chi connectivity index (χ4v) is 3.01. The van der Waals surface area contributed by atoms with E-state index in [-0.39, 0.29) is 0 Å². The lowest BCUT2D eigenvalue weighted by Crippen LogP contribution is -2.20. The minimum absolute atomic E-state index is 0.438. The van der Waals surface area contributed by atoms with Gasteiger partial charge in [-0.2, -0.15) is 0 Å². The summed E-state index contributed by atoms with van der Waals surface area (Å²) in [5.41, 5.74) is 2.81. The molecule has 3 rings (SSSR count). The van der Waals surface area contributed by atoms with Crippen LogP contribution >= 0.6 is 0 Å². The molecule has 0 saturated carbocycles. The molecular weight excluding hydrogens is 226 g/mol. The fraction of sp³-hybridized carbons (Fsp3) is 0.600. The van der Waals surface area contributed by atoms with Crippen LogP contribution in [0.5, 0.6) is 11.5 Å². The lowest BCUT2D eigenvalue weighted by molar-refractivity contribution is 0.171. The van der Waals surface area contributed by atoms with E-state index >= 15 is 0 Å². The number of benzene rings is 1. The number of aryl methyl sites for hydroxylation is 1. The SMILES string of the molecule is CNC1CC(C)CCc2cc3c(cc21)OCCO3.